The molecule has 1 aliphatic rings. The van der Waals surface area contributed by atoms with E-state index >= 15 is 0 Å². The minimum atomic E-state index is -4.07. The number of hydrogen-bond donors (Lipinski definition) is 2. The molecule has 22 heavy (non-hydrogen) atoms. The monoisotopic (exact) mass is 330 g/mol. The van der Waals surface area contributed by atoms with E-state index in [0.29, 0.717) is 26.3 Å². The predicted octanol–water partition coefficient (Wildman–Crippen LogP) is 0.106. The van der Waals surface area contributed by atoms with Gasteiger partial charge in [-0.25, -0.2) is 18.4 Å². The average molecular weight is 330 g/mol. The zero-order chi connectivity index (χ0) is 16.3. The van der Waals surface area contributed by atoms with Gasteiger partial charge in [-0.1, -0.05) is 0 Å². The van der Waals surface area contributed by atoms with Crippen molar-refractivity contribution in [1.29, 1.82) is 0 Å². The summed E-state index contributed by atoms with van der Waals surface area (Å²) in [5.74, 6) is 0. The Hall–Kier alpha value is -2.24. The van der Waals surface area contributed by atoms with Crippen LogP contribution in [0.15, 0.2) is 23.1 Å². The first-order chi connectivity index (χ1) is 10.3. The molecule has 120 valence electrons. The van der Waals surface area contributed by atoms with Gasteiger partial charge in [0.2, 0.25) is 10.0 Å². The number of rotatable bonds is 3. The number of hydrogen-bond acceptors (Lipinski definition) is 6. The molecule has 0 bridgehead atoms. The largest absolute Gasteiger partial charge is 0.378 e. The molecule has 0 saturated carbocycles. The molecule has 1 fully saturated rings. The van der Waals surface area contributed by atoms with Gasteiger partial charge in [0, 0.05) is 19.2 Å². The number of nitrogens with zero attached hydrogens (tertiary/aromatic N) is 2. The summed E-state index contributed by atoms with van der Waals surface area (Å²) in [4.78, 5) is 23.3. The van der Waals surface area contributed by atoms with Gasteiger partial charge in [-0.3, -0.25) is 10.1 Å². The minimum absolute atomic E-state index is 0.103. The molecular weight excluding hydrogens is 316 g/mol. The highest BCUT2D eigenvalue weighted by atomic mass is 32.2. The molecule has 2 amide bonds. The first-order valence-corrected chi connectivity index (χ1v) is 7.78. The molecule has 3 N–H and O–H groups in total. The predicted molar refractivity (Wildman–Crippen MR) is 75.9 cm³/mol. The molecule has 0 unspecified atom stereocenters. The second-order valence-electron chi connectivity index (χ2n) is 4.51. The van der Waals surface area contributed by atoms with Crippen LogP contribution in [0.25, 0.3) is 0 Å². The molecule has 10 nitrogen and oxygen atoms in total. The Morgan fingerprint density at radius 1 is 1.36 bits per heavy atom. The molecule has 1 saturated heterocycles. The second-order valence-corrected chi connectivity index (χ2v) is 6.07. The first-order valence-electron chi connectivity index (χ1n) is 6.24. The highest BCUT2D eigenvalue weighted by Gasteiger charge is 2.23. The van der Waals surface area contributed by atoms with E-state index in [9.17, 15) is 23.3 Å². The lowest BCUT2D eigenvalue weighted by atomic mass is 10.2. The zero-order valence-corrected chi connectivity index (χ0v) is 12.2. The van der Waals surface area contributed by atoms with Gasteiger partial charge in [-0.15, -0.1) is 0 Å². The van der Waals surface area contributed by atoms with E-state index in [1.54, 1.807) is 0 Å². The van der Waals surface area contributed by atoms with Gasteiger partial charge in [0.25, 0.3) is 5.69 Å². The van der Waals surface area contributed by atoms with E-state index in [0.717, 1.165) is 18.2 Å². The van der Waals surface area contributed by atoms with Crippen molar-refractivity contribution in [2.45, 2.75) is 4.90 Å². The van der Waals surface area contributed by atoms with Crippen LogP contribution in [0.1, 0.15) is 0 Å². The Balaban J connectivity index is 2.26. The maximum atomic E-state index is 12.0. The average Bonchev–Trinajstić information content (AvgIpc) is 2.47. The van der Waals surface area contributed by atoms with E-state index in [1.807, 2.05) is 0 Å². The van der Waals surface area contributed by atoms with Crippen molar-refractivity contribution >= 4 is 27.4 Å². The number of carbonyl (C=O) groups is 1. The fraction of sp³-hybridized carbons (Fsp3) is 0.364. The number of urea groups is 1. The van der Waals surface area contributed by atoms with Gasteiger partial charge in [0.15, 0.2) is 0 Å². The lowest BCUT2D eigenvalue weighted by Gasteiger charge is -2.26. The number of nitro groups is 1. The highest BCUT2D eigenvalue weighted by Crippen LogP contribution is 2.27. The van der Waals surface area contributed by atoms with Gasteiger partial charge in [-0.05, 0) is 12.1 Å². The number of sulfonamides is 1. The number of ether oxygens (including phenoxy) is 1. The zero-order valence-electron chi connectivity index (χ0n) is 11.4. The second kappa shape index (κ2) is 6.25. The maximum absolute atomic E-state index is 12.0. The van der Waals surface area contributed by atoms with Gasteiger partial charge in [0.05, 0.1) is 23.0 Å². The molecule has 2 rings (SSSR count). The summed E-state index contributed by atoms with van der Waals surface area (Å²) in [7, 11) is -4.07. The molecule has 1 aromatic carbocycles. The number of nitro benzene ring substituents is 1. The van der Waals surface area contributed by atoms with E-state index in [4.69, 9.17) is 9.88 Å². The van der Waals surface area contributed by atoms with Crippen molar-refractivity contribution in [3.05, 3.63) is 28.3 Å². The van der Waals surface area contributed by atoms with Gasteiger partial charge in [0.1, 0.15) is 5.69 Å². The Bertz CT molecular complexity index is 699. The van der Waals surface area contributed by atoms with E-state index in [-0.39, 0.29) is 5.69 Å². The summed E-state index contributed by atoms with van der Waals surface area (Å²) >= 11 is 0. The summed E-state index contributed by atoms with van der Waals surface area (Å²) in [6.45, 7) is 1.52. The van der Waals surface area contributed by atoms with Crippen LogP contribution in [0.2, 0.25) is 0 Å². The number of benzene rings is 1. The van der Waals surface area contributed by atoms with Crippen molar-refractivity contribution in [2.24, 2.45) is 5.14 Å². The third-order valence-corrected chi connectivity index (χ3v) is 3.95. The molecular formula is C11H14N4O6S. The molecule has 1 aromatic rings. The number of nitrogens with one attached hydrogen (secondary N) is 1. The minimum Gasteiger partial charge on any atom is -0.378 e. The Labute approximate surface area is 126 Å². The Morgan fingerprint density at radius 3 is 2.55 bits per heavy atom. The van der Waals surface area contributed by atoms with E-state index in [1.165, 1.54) is 4.90 Å². The summed E-state index contributed by atoms with van der Waals surface area (Å²) < 4.78 is 27.6. The van der Waals surface area contributed by atoms with Crippen molar-refractivity contribution in [2.75, 3.05) is 31.6 Å². The van der Waals surface area contributed by atoms with Gasteiger partial charge in [-0.2, -0.15) is 0 Å². The van der Waals surface area contributed by atoms with Crippen LogP contribution in [0.4, 0.5) is 16.2 Å². The van der Waals surface area contributed by atoms with Gasteiger partial charge < -0.3 is 15.0 Å². The molecule has 11 heteroatoms. The Morgan fingerprint density at radius 2 is 2.00 bits per heavy atom. The van der Waals surface area contributed by atoms with Gasteiger partial charge >= 0.3 is 6.03 Å². The third kappa shape index (κ3) is 3.69. The highest BCUT2D eigenvalue weighted by molar-refractivity contribution is 7.89. The first kappa shape index (κ1) is 16.1. The van der Waals surface area contributed by atoms with E-state index in [2.05, 4.69) is 5.32 Å². The van der Waals surface area contributed by atoms with Crippen LogP contribution in [0.5, 0.6) is 0 Å². The molecule has 0 aliphatic carbocycles. The smallest absolute Gasteiger partial charge is 0.322 e. The number of anilines is 1. The van der Waals surface area contributed by atoms with Crippen molar-refractivity contribution in [3.8, 4) is 0 Å². The number of carbonyl (C=O) groups excluding carboxylic acids is 1. The lowest BCUT2D eigenvalue weighted by Crippen LogP contribution is -2.43. The molecule has 1 aliphatic heterocycles. The summed E-state index contributed by atoms with van der Waals surface area (Å²) in [5, 5.41) is 18.4. The fourth-order valence-electron chi connectivity index (χ4n) is 1.91. The van der Waals surface area contributed by atoms with Crippen molar-refractivity contribution in [1.82, 2.24) is 4.90 Å². The molecule has 0 spiro atoms. The number of amides is 2. The quantitative estimate of drug-likeness (QED) is 0.594. The van der Waals surface area contributed by atoms with Crippen molar-refractivity contribution in [3.63, 3.8) is 0 Å². The number of nitrogens with two attached hydrogens (primary N) is 1. The van der Waals surface area contributed by atoms with Crippen LogP contribution in [0.3, 0.4) is 0 Å². The van der Waals surface area contributed by atoms with Crippen LogP contribution < -0.4 is 10.5 Å². The SMILES string of the molecule is NS(=O)(=O)c1ccc(NC(=O)N2CCOCC2)c([N+](=O)[O-])c1. The molecule has 0 aromatic heterocycles. The third-order valence-electron chi connectivity index (χ3n) is 3.03. The maximum Gasteiger partial charge on any atom is 0.322 e. The fourth-order valence-corrected chi connectivity index (χ4v) is 2.44. The molecule has 0 atom stereocenters. The summed E-state index contributed by atoms with van der Waals surface area (Å²) in [5.41, 5.74) is -0.651. The topological polar surface area (TPSA) is 145 Å². The van der Waals surface area contributed by atoms with E-state index < -0.39 is 31.6 Å². The van der Waals surface area contributed by atoms with Crippen LogP contribution in [-0.4, -0.2) is 50.6 Å². The summed E-state index contributed by atoms with van der Waals surface area (Å²) in [6.07, 6.45) is 0. The summed E-state index contributed by atoms with van der Waals surface area (Å²) in [6, 6.07) is 2.52. The van der Waals surface area contributed by atoms with Crippen LogP contribution in [0, 0.1) is 10.1 Å². The number of morpholine rings is 1. The normalized spacial score (nSPS) is 15.4. The Kier molecular flexibility index (Phi) is 4.59. The molecule has 0 radical (unpaired) electrons. The number of primary sulfonamides is 1. The molecule has 1 heterocycles. The van der Waals surface area contributed by atoms with Crippen LogP contribution >= 0.6 is 0 Å². The van der Waals surface area contributed by atoms with Crippen molar-refractivity contribution < 1.29 is 22.9 Å². The standard InChI is InChI=1S/C11H14N4O6S/c12-22(19,20)8-1-2-9(10(7-8)15(17)18)13-11(16)14-3-5-21-6-4-14/h1-2,7H,3-6H2,(H,13,16)(H2,12,19,20). The lowest BCUT2D eigenvalue weighted by molar-refractivity contribution is -0.384. The van der Waals surface area contributed by atoms with Crippen LogP contribution in [-0.2, 0) is 14.8 Å².